The summed E-state index contributed by atoms with van der Waals surface area (Å²) in [7, 11) is 0. The fourth-order valence-electron chi connectivity index (χ4n) is 3.21. The number of piperazine rings is 1. The Hall–Kier alpha value is -3.36. The molecule has 0 atom stereocenters. The maximum Gasteiger partial charge on any atom is 0.414 e. The van der Waals surface area contributed by atoms with E-state index in [0.717, 1.165) is 25.2 Å². The number of aromatic nitrogens is 1. The third-order valence-electron chi connectivity index (χ3n) is 4.84. The number of nitrogens with two attached hydrogens (primary N) is 1. The Kier molecular flexibility index (Phi) is 6.48. The number of amides is 1. The Balaban J connectivity index is 1.61. The Morgan fingerprint density at radius 2 is 1.86 bits per heavy atom. The summed E-state index contributed by atoms with van der Waals surface area (Å²) in [6.45, 7) is 4.64. The Morgan fingerprint density at radius 3 is 2.48 bits per heavy atom. The monoisotopic (exact) mass is 400 g/mol. The minimum absolute atomic E-state index is 0.214. The molecule has 0 aliphatic carbocycles. The van der Waals surface area contributed by atoms with Crippen LogP contribution in [-0.4, -0.2) is 43.2 Å². The molecule has 1 amide bonds. The Morgan fingerprint density at radius 1 is 1.21 bits per heavy atom. The molecule has 2 heterocycles. The fourth-order valence-corrected chi connectivity index (χ4v) is 3.21. The van der Waals surface area contributed by atoms with Crippen molar-refractivity contribution in [3.05, 3.63) is 53.5 Å². The third-order valence-corrected chi connectivity index (χ3v) is 4.84. The average molecular weight is 400 g/mol. The lowest BCUT2D eigenvalue weighted by Crippen LogP contribution is -2.47. The minimum atomic E-state index is -0.905. The van der Waals surface area contributed by atoms with Gasteiger partial charge in [-0.3, -0.25) is 10.7 Å². The van der Waals surface area contributed by atoms with Gasteiger partial charge in [-0.05, 0) is 30.2 Å². The molecule has 0 unspecified atom stereocenters. The van der Waals surface area contributed by atoms with Gasteiger partial charge in [0.1, 0.15) is 6.61 Å². The van der Waals surface area contributed by atoms with Gasteiger partial charge in [-0.2, -0.15) is 0 Å². The lowest BCUT2D eigenvalue weighted by atomic mass is 10.1. The molecule has 29 heavy (non-hydrogen) atoms. The molecule has 154 valence electrons. The minimum Gasteiger partial charge on any atom is -0.444 e. The molecule has 9 heteroatoms. The third kappa shape index (κ3) is 5.13. The number of halogens is 1. The van der Waals surface area contributed by atoms with E-state index in [1.54, 1.807) is 0 Å². The highest BCUT2D eigenvalue weighted by Gasteiger charge is 2.22. The lowest BCUT2D eigenvalue weighted by Gasteiger charge is -2.37. The first kappa shape index (κ1) is 20.4. The second-order valence-electron chi connectivity index (χ2n) is 6.72. The van der Waals surface area contributed by atoms with Crippen LogP contribution in [0.2, 0.25) is 0 Å². The topological polar surface area (TPSA) is 108 Å². The van der Waals surface area contributed by atoms with Crippen molar-refractivity contribution in [1.82, 2.24) is 10.3 Å². The molecular weight excluding hydrogens is 375 g/mol. The Bertz CT molecular complexity index is 866. The van der Waals surface area contributed by atoms with Crippen LogP contribution in [0.15, 0.2) is 36.5 Å². The highest BCUT2D eigenvalue weighted by atomic mass is 19.1. The van der Waals surface area contributed by atoms with Gasteiger partial charge >= 0.3 is 6.09 Å². The number of benzene rings is 1. The van der Waals surface area contributed by atoms with Crippen molar-refractivity contribution < 1.29 is 13.9 Å². The summed E-state index contributed by atoms with van der Waals surface area (Å²) < 4.78 is 19.8. The van der Waals surface area contributed by atoms with Crippen molar-refractivity contribution in [3.63, 3.8) is 0 Å². The summed E-state index contributed by atoms with van der Waals surface area (Å²) in [5.41, 5.74) is 7.73. The zero-order valence-corrected chi connectivity index (χ0v) is 16.3. The van der Waals surface area contributed by atoms with Crippen molar-refractivity contribution in [3.8, 4) is 0 Å². The molecule has 1 aromatic carbocycles. The molecule has 0 saturated carbocycles. The highest BCUT2D eigenvalue weighted by molar-refractivity contribution is 5.90. The second-order valence-corrected chi connectivity index (χ2v) is 6.72. The molecule has 0 bridgehead atoms. The SMILES string of the molecule is CCc1ccc(N2CCN(c3nccc(COC(=O)NC(=N)N)c3F)CC2)cc1. The number of rotatable bonds is 5. The van der Waals surface area contributed by atoms with Crippen LogP contribution in [0.1, 0.15) is 18.1 Å². The number of ether oxygens (including phenoxy) is 1. The van der Waals surface area contributed by atoms with Crippen LogP contribution in [0.4, 0.5) is 20.7 Å². The molecule has 1 fully saturated rings. The number of nitrogens with one attached hydrogen (secondary N) is 2. The van der Waals surface area contributed by atoms with E-state index < -0.39 is 17.9 Å². The highest BCUT2D eigenvalue weighted by Crippen LogP contribution is 2.24. The van der Waals surface area contributed by atoms with Crippen LogP contribution in [0, 0.1) is 11.2 Å². The first-order chi connectivity index (χ1) is 14.0. The quantitative estimate of drug-likeness (QED) is 0.525. The van der Waals surface area contributed by atoms with Crippen molar-refractivity contribution in [1.29, 1.82) is 5.41 Å². The van der Waals surface area contributed by atoms with Gasteiger partial charge in [0.2, 0.25) is 0 Å². The molecule has 1 aliphatic heterocycles. The molecule has 1 aliphatic rings. The summed E-state index contributed by atoms with van der Waals surface area (Å²) in [6.07, 6.45) is 1.60. The second kappa shape index (κ2) is 9.22. The van der Waals surface area contributed by atoms with Crippen LogP contribution in [0.3, 0.4) is 0 Å². The molecule has 4 N–H and O–H groups in total. The molecule has 1 aromatic heterocycles. The van der Waals surface area contributed by atoms with Gasteiger partial charge < -0.3 is 20.3 Å². The van der Waals surface area contributed by atoms with E-state index in [1.807, 2.05) is 10.2 Å². The van der Waals surface area contributed by atoms with Crippen molar-refractivity contribution in [2.75, 3.05) is 36.0 Å². The molecule has 8 nitrogen and oxygen atoms in total. The summed E-state index contributed by atoms with van der Waals surface area (Å²) >= 11 is 0. The summed E-state index contributed by atoms with van der Waals surface area (Å²) in [4.78, 5) is 19.8. The molecule has 2 aromatic rings. The van der Waals surface area contributed by atoms with Crippen LogP contribution in [-0.2, 0) is 17.8 Å². The number of carbonyl (C=O) groups excluding carboxylic acids is 1. The fraction of sp³-hybridized carbons (Fsp3) is 0.350. The van der Waals surface area contributed by atoms with Crippen LogP contribution in [0.5, 0.6) is 0 Å². The number of hydrogen-bond acceptors (Lipinski definition) is 6. The van der Waals surface area contributed by atoms with E-state index in [1.165, 1.54) is 17.8 Å². The zero-order chi connectivity index (χ0) is 20.8. The largest absolute Gasteiger partial charge is 0.444 e. The summed E-state index contributed by atoms with van der Waals surface area (Å²) in [6, 6.07) is 9.98. The van der Waals surface area contributed by atoms with E-state index in [-0.39, 0.29) is 18.0 Å². The number of anilines is 2. The van der Waals surface area contributed by atoms with Gasteiger partial charge in [0.15, 0.2) is 17.6 Å². The van der Waals surface area contributed by atoms with Gasteiger partial charge in [-0.1, -0.05) is 19.1 Å². The van der Waals surface area contributed by atoms with Crippen molar-refractivity contribution >= 4 is 23.6 Å². The van der Waals surface area contributed by atoms with Gasteiger partial charge in [-0.25, -0.2) is 14.2 Å². The standard InChI is InChI=1S/C20H25FN6O2/c1-2-14-3-5-16(6-4-14)26-9-11-27(12-10-26)18-17(21)15(7-8-24-18)13-29-20(28)25-19(22)23/h3-8H,2,9-13H2,1H3,(H4,22,23,25,28). The van der Waals surface area contributed by atoms with Crippen LogP contribution < -0.4 is 20.9 Å². The van der Waals surface area contributed by atoms with Gasteiger partial charge in [0, 0.05) is 43.6 Å². The lowest BCUT2D eigenvalue weighted by molar-refractivity contribution is 0.143. The smallest absolute Gasteiger partial charge is 0.414 e. The predicted octanol–water partition coefficient (Wildman–Crippen LogP) is 2.23. The van der Waals surface area contributed by atoms with E-state index in [4.69, 9.17) is 15.9 Å². The zero-order valence-electron chi connectivity index (χ0n) is 16.3. The number of nitrogens with zero attached hydrogens (tertiary/aromatic N) is 3. The normalized spacial score (nSPS) is 13.9. The molecule has 3 rings (SSSR count). The number of aryl methyl sites for hydroxylation is 1. The maximum absolute atomic E-state index is 14.9. The van der Waals surface area contributed by atoms with E-state index in [0.29, 0.717) is 13.1 Å². The van der Waals surface area contributed by atoms with Gasteiger partial charge in [0.25, 0.3) is 0 Å². The average Bonchev–Trinajstić information content (AvgIpc) is 2.73. The Labute approximate surface area is 169 Å². The summed E-state index contributed by atoms with van der Waals surface area (Å²) in [5.74, 6) is -0.795. The van der Waals surface area contributed by atoms with E-state index in [9.17, 15) is 9.18 Å². The van der Waals surface area contributed by atoms with Crippen LogP contribution >= 0.6 is 0 Å². The molecule has 0 radical (unpaired) electrons. The molecule has 1 saturated heterocycles. The van der Waals surface area contributed by atoms with Crippen molar-refractivity contribution in [2.45, 2.75) is 20.0 Å². The first-order valence-corrected chi connectivity index (χ1v) is 9.48. The van der Waals surface area contributed by atoms with E-state index >= 15 is 0 Å². The van der Waals surface area contributed by atoms with Crippen molar-refractivity contribution in [2.24, 2.45) is 5.73 Å². The van der Waals surface area contributed by atoms with E-state index in [2.05, 4.69) is 41.1 Å². The number of pyridine rings is 1. The summed E-state index contributed by atoms with van der Waals surface area (Å²) in [5, 5.41) is 8.97. The number of guanidine groups is 1. The van der Waals surface area contributed by atoms with Crippen LogP contribution in [0.25, 0.3) is 0 Å². The molecule has 0 spiro atoms. The van der Waals surface area contributed by atoms with Gasteiger partial charge in [-0.15, -0.1) is 0 Å². The molecular formula is C20H25FN6O2. The number of carbonyl (C=O) groups is 1. The number of alkyl carbamates (subject to hydrolysis) is 1. The first-order valence-electron chi connectivity index (χ1n) is 9.48. The van der Waals surface area contributed by atoms with Gasteiger partial charge in [0.05, 0.1) is 0 Å². The maximum atomic E-state index is 14.9. The number of hydrogen-bond donors (Lipinski definition) is 3. The predicted molar refractivity (Wildman–Crippen MR) is 110 cm³/mol.